The van der Waals surface area contributed by atoms with Crippen molar-refractivity contribution in [2.45, 2.75) is 6.54 Å². The van der Waals surface area contributed by atoms with Gasteiger partial charge in [0, 0.05) is 11.0 Å². The SMILES string of the molecule is COc1ncc(Cl)c(NCc2ccc(Br)cc2)n1. The molecule has 0 spiro atoms. The van der Waals surface area contributed by atoms with Gasteiger partial charge in [0.2, 0.25) is 0 Å². The molecule has 0 fully saturated rings. The van der Waals surface area contributed by atoms with E-state index in [4.69, 9.17) is 16.3 Å². The third-order valence-corrected chi connectivity index (χ3v) is 3.08. The van der Waals surface area contributed by atoms with Crippen LogP contribution in [0.25, 0.3) is 0 Å². The van der Waals surface area contributed by atoms with Crippen molar-refractivity contribution < 1.29 is 4.74 Å². The molecule has 18 heavy (non-hydrogen) atoms. The van der Waals surface area contributed by atoms with Crippen LogP contribution in [0.5, 0.6) is 6.01 Å². The van der Waals surface area contributed by atoms with Crippen LogP contribution in [0.1, 0.15) is 5.56 Å². The van der Waals surface area contributed by atoms with E-state index in [-0.39, 0.29) is 6.01 Å². The molecule has 0 aliphatic carbocycles. The average molecular weight is 329 g/mol. The summed E-state index contributed by atoms with van der Waals surface area (Å²) in [6.45, 7) is 0.632. The van der Waals surface area contributed by atoms with Crippen molar-refractivity contribution in [3.05, 3.63) is 45.5 Å². The third kappa shape index (κ3) is 3.34. The van der Waals surface area contributed by atoms with Crippen molar-refractivity contribution in [3.63, 3.8) is 0 Å². The summed E-state index contributed by atoms with van der Waals surface area (Å²) in [5.41, 5.74) is 1.13. The summed E-state index contributed by atoms with van der Waals surface area (Å²) < 4.78 is 6.00. The molecular weight excluding hydrogens is 318 g/mol. The van der Waals surface area contributed by atoms with Crippen LogP contribution in [0.2, 0.25) is 5.02 Å². The largest absolute Gasteiger partial charge is 0.467 e. The molecule has 0 atom stereocenters. The van der Waals surface area contributed by atoms with Crippen molar-refractivity contribution >= 4 is 33.3 Å². The molecule has 1 aromatic carbocycles. The van der Waals surface area contributed by atoms with E-state index in [0.717, 1.165) is 10.0 Å². The van der Waals surface area contributed by atoms with E-state index >= 15 is 0 Å². The minimum atomic E-state index is 0.290. The molecule has 1 aromatic heterocycles. The van der Waals surface area contributed by atoms with E-state index in [0.29, 0.717) is 17.4 Å². The normalized spacial score (nSPS) is 10.2. The lowest BCUT2D eigenvalue weighted by Crippen LogP contribution is -2.03. The molecule has 0 bridgehead atoms. The van der Waals surface area contributed by atoms with Gasteiger partial charge in [-0.3, -0.25) is 0 Å². The fourth-order valence-corrected chi connectivity index (χ4v) is 1.78. The molecule has 94 valence electrons. The number of aromatic nitrogens is 2. The molecule has 6 heteroatoms. The summed E-state index contributed by atoms with van der Waals surface area (Å²) in [4.78, 5) is 8.05. The third-order valence-electron chi connectivity index (χ3n) is 2.28. The first-order chi connectivity index (χ1) is 8.69. The van der Waals surface area contributed by atoms with E-state index in [1.54, 1.807) is 0 Å². The van der Waals surface area contributed by atoms with Crippen molar-refractivity contribution in [1.82, 2.24) is 9.97 Å². The number of halogens is 2. The number of anilines is 1. The maximum Gasteiger partial charge on any atom is 0.318 e. The molecule has 1 heterocycles. The van der Waals surface area contributed by atoms with Gasteiger partial charge in [-0.05, 0) is 17.7 Å². The van der Waals surface area contributed by atoms with Crippen LogP contribution < -0.4 is 10.1 Å². The Labute approximate surface area is 118 Å². The Morgan fingerprint density at radius 2 is 2.06 bits per heavy atom. The zero-order valence-electron chi connectivity index (χ0n) is 9.65. The molecular formula is C12H11BrClN3O. The van der Waals surface area contributed by atoms with Crippen LogP contribution in [-0.2, 0) is 6.54 Å². The highest BCUT2D eigenvalue weighted by atomic mass is 79.9. The summed E-state index contributed by atoms with van der Waals surface area (Å²) in [7, 11) is 1.52. The Hall–Kier alpha value is -1.33. The molecule has 1 N–H and O–H groups in total. The highest BCUT2D eigenvalue weighted by molar-refractivity contribution is 9.10. The second kappa shape index (κ2) is 6.02. The molecule has 0 amide bonds. The number of benzene rings is 1. The summed E-state index contributed by atoms with van der Waals surface area (Å²) in [5.74, 6) is 0.562. The molecule has 4 nitrogen and oxygen atoms in total. The predicted molar refractivity (Wildman–Crippen MR) is 75.1 cm³/mol. The van der Waals surface area contributed by atoms with Gasteiger partial charge in [0.05, 0.1) is 13.3 Å². The Bertz CT molecular complexity index is 533. The average Bonchev–Trinajstić information content (AvgIpc) is 2.40. The van der Waals surface area contributed by atoms with Gasteiger partial charge in [-0.2, -0.15) is 4.98 Å². The Kier molecular flexibility index (Phi) is 4.38. The zero-order chi connectivity index (χ0) is 13.0. The lowest BCUT2D eigenvalue weighted by atomic mass is 10.2. The van der Waals surface area contributed by atoms with E-state index in [2.05, 4.69) is 31.2 Å². The number of nitrogens with zero attached hydrogens (tertiary/aromatic N) is 2. The quantitative estimate of drug-likeness (QED) is 0.933. The molecule has 0 aliphatic rings. The minimum absolute atomic E-state index is 0.290. The fourth-order valence-electron chi connectivity index (χ4n) is 1.36. The van der Waals surface area contributed by atoms with Gasteiger partial charge in [-0.25, -0.2) is 4.98 Å². The smallest absolute Gasteiger partial charge is 0.318 e. The van der Waals surface area contributed by atoms with E-state index in [9.17, 15) is 0 Å². The van der Waals surface area contributed by atoms with Crippen LogP contribution in [0.3, 0.4) is 0 Å². The van der Waals surface area contributed by atoms with Crippen LogP contribution in [0.15, 0.2) is 34.9 Å². The summed E-state index contributed by atoms with van der Waals surface area (Å²) >= 11 is 9.39. The van der Waals surface area contributed by atoms with E-state index in [1.165, 1.54) is 13.3 Å². The molecule has 2 rings (SSSR count). The highest BCUT2D eigenvalue weighted by Crippen LogP contribution is 2.21. The van der Waals surface area contributed by atoms with Gasteiger partial charge in [-0.1, -0.05) is 39.7 Å². The summed E-state index contributed by atoms with van der Waals surface area (Å²) in [6.07, 6.45) is 1.51. The molecule has 2 aromatic rings. The monoisotopic (exact) mass is 327 g/mol. The second-order valence-corrected chi connectivity index (χ2v) is 4.86. The molecule has 0 unspecified atom stereocenters. The van der Waals surface area contributed by atoms with Crippen molar-refractivity contribution in [2.24, 2.45) is 0 Å². The standard InChI is InChI=1S/C12H11BrClN3O/c1-18-12-16-7-10(14)11(17-12)15-6-8-2-4-9(13)5-3-8/h2-5,7H,6H2,1H3,(H,15,16,17). The van der Waals surface area contributed by atoms with Gasteiger partial charge in [0.25, 0.3) is 0 Å². The van der Waals surface area contributed by atoms with Crippen molar-refractivity contribution in [2.75, 3.05) is 12.4 Å². The second-order valence-electron chi connectivity index (χ2n) is 3.53. The maximum absolute atomic E-state index is 5.99. The first kappa shape index (κ1) is 13.1. The van der Waals surface area contributed by atoms with Crippen LogP contribution in [0, 0.1) is 0 Å². The number of ether oxygens (including phenoxy) is 1. The first-order valence-electron chi connectivity index (χ1n) is 5.24. The molecule has 0 aliphatic heterocycles. The number of nitrogens with one attached hydrogen (secondary N) is 1. The molecule has 0 radical (unpaired) electrons. The predicted octanol–water partition coefficient (Wildman–Crippen LogP) is 3.51. The number of methoxy groups -OCH3 is 1. The lowest BCUT2D eigenvalue weighted by Gasteiger charge is -2.08. The lowest BCUT2D eigenvalue weighted by molar-refractivity contribution is 0.380. The van der Waals surface area contributed by atoms with Gasteiger partial charge >= 0.3 is 6.01 Å². The van der Waals surface area contributed by atoms with Gasteiger partial charge in [0.15, 0.2) is 5.82 Å². The Balaban J connectivity index is 2.07. The number of rotatable bonds is 4. The molecule has 0 saturated carbocycles. The van der Waals surface area contributed by atoms with Gasteiger partial charge in [-0.15, -0.1) is 0 Å². The number of hydrogen-bond acceptors (Lipinski definition) is 4. The van der Waals surface area contributed by atoms with Crippen molar-refractivity contribution in [3.8, 4) is 6.01 Å². The fraction of sp³-hybridized carbons (Fsp3) is 0.167. The topological polar surface area (TPSA) is 47.0 Å². The van der Waals surface area contributed by atoms with E-state index in [1.807, 2.05) is 24.3 Å². The Morgan fingerprint density at radius 3 is 2.72 bits per heavy atom. The van der Waals surface area contributed by atoms with E-state index < -0.39 is 0 Å². The summed E-state index contributed by atoms with van der Waals surface area (Å²) in [5, 5.41) is 3.61. The highest BCUT2D eigenvalue weighted by Gasteiger charge is 2.05. The Morgan fingerprint density at radius 1 is 1.33 bits per heavy atom. The van der Waals surface area contributed by atoms with Crippen LogP contribution in [-0.4, -0.2) is 17.1 Å². The van der Waals surface area contributed by atoms with Crippen LogP contribution >= 0.6 is 27.5 Å². The number of hydrogen-bond donors (Lipinski definition) is 1. The molecule has 0 saturated heterocycles. The summed E-state index contributed by atoms with van der Waals surface area (Å²) in [6, 6.07) is 8.29. The maximum atomic E-state index is 5.99. The van der Waals surface area contributed by atoms with Gasteiger partial charge in [0.1, 0.15) is 5.02 Å². The van der Waals surface area contributed by atoms with Crippen LogP contribution in [0.4, 0.5) is 5.82 Å². The minimum Gasteiger partial charge on any atom is -0.467 e. The first-order valence-corrected chi connectivity index (χ1v) is 6.41. The van der Waals surface area contributed by atoms with Crippen molar-refractivity contribution in [1.29, 1.82) is 0 Å². The van der Waals surface area contributed by atoms with Gasteiger partial charge < -0.3 is 10.1 Å². The zero-order valence-corrected chi connectivity index (χ0v) is 12.0.